The predicted molar refractivity (Wildman–Crippen MR) is 97.4 cm³/mol. The number of carbonyl (C=O) groups is 2. The fourth-order valence-electron chi connectivity index (χ4n) is 2.80. The molecule has 6 heteroatoms. The molecule has 0 spiro atoms. The lowest BCUT2D eigenvalue weighted by Crippen LogP contribution is -2.32. The van der Waals surface area contributed by atoms with Gasteiger partial charge in [0.25, 0.3) is 5.91 Å². The van der Waals surface area contributed by atoms with E-state index < -0.39 is 11.8 Å². The highest BCUT2D eigenvalue weighted by atomic mass is 79.9. The van der Waals surface area contributed by atoms with Crippen molar-refractivity contribution in [2.45, 2.75) is 13.3 Å². The van der Waals surface area contributed by atoms with Crippen molar-refractivity contribution in [1.29, 1.82) is 0 Å². The van der Waals surface area contributed by atoms with Crippen LogP contribution in [0.3, 0.4) is 0 Å². The molecule has 2 aromatic rings. The van der Waals surface area contributed by atoms with Crippen LogP contribution in [0.25, 0.3) is 4.48 Å². The van der Waals surface area contributed by atoms with Crippen LogP contribution in [0.5, 0.6) is 0 Å². The number of hydrogen-bond acceptors (Lipinski definition) is 2. The molecule has 4 nitrogen and oxygen atoms in total. The predicted octanol–water partition coefficient (Wildman–Crippen LogP) is 4.38. The van der Waals surface area contributed by atoms with Crippen LogP contribution in [0.15, 0.2) is 48.0 Å². The molecule has 0 aliphatic carbocycles. The van der Waals surface area contributed by atoms with Crippen LogP contribution in [0.4, 0.5) is 10.1 Å². The van der Waals surface area contributed by atoms with Gasteiger partial charge in [0.1, 0.15) is 5.82 Å². The van der Waals surface area contributed by atoms with Crippen LogP contribution >= 0.6 is 15.9 Å². The van der Waals surface area contributed by atoms with Gasteiger partial charge in [0.2, 0.25) is 0 Å². The normalized spacial score (nSPS) is 14.1. The first kappa shape index (κ1) is 17.4. The van der Waals surface area contributed by atoms with Crippen molar-refractivity contribution in [3.63, 3.8) is 0 Å². The van der Waals surface area contributed by atoms with E-state index in [0.29, 0.717) is 21.3 Å². The van der Waals surface area contributed by atoms with Crippen LogP contribution in [-0.2, 0) is 4.79 Å². The quantitative estimate of drug-likeness (QED) is 0.809. The maximum Gasteiger partial charge on any atom is 0.332 e. The van der Waals surface area contributed by atoms with E-state index in [9.17, 15) is 19.1 Å². The van der Waals surface area contributed by atoms with Crippen LogP contribution < -0.4 is 4.90 Å². The van der Waals surface area contributed by atoms with E-state index in [1.807, 2.05) is 0 Å². The van der Waals surface area contributed by atoms with Crippen molar-refractivity contribution in [2.75, 3.05) is 11.4 Å². The number of carboxylic acids is 1. The number of carbonyl (C=O) groups excluding carboxylic acids is 1. The summed E-state index contributed by atoms with van der Waals surface area (Å²) in [6.07, 6.45) is 0.185. The van der Waals surface area contributed by atoms with Gasteiger partial charge >= 0.3 is 5.97 Å². The van der Waals surface area contributed by atoms with E-state index in [0.717, 1.165) is 0 Å². The van der Waals surface area contributed by atoms with Crippen molar-refractivity contribution < 1.29 is 19.1 Å². The number of aryl methyl sites for hydroxylation is 1. The first-order valence-corrected chi connectivity index (χ1v) is 8.49. The van der Waals surface area contributed by atoms with Gasteiger partial charge < -0.3 is 10.0 Å². The highest BCUT2D eigenvalue weighted by molar-refractivity contribution is 9.15. The number of para-hydroxylation sites is 1. The molecule has 2 aromatic carbocycles. The molecule has 0 aromatic heterocycles. The number of rotatable bonds is 2. The second kappa shape index (κ2) is 6.80. The third-order valence-corrected chi connectivity index (χ3v) is 5.11. The van der Waals surface area contributed by atoms with Crippen molar-refractivity contribution in [1.82, 2.24) is 0 Å². The Morgan fingerprint density at radius 1 is 1.20 bits per heavy atom. The Kier molecular flexibility index (Phi) is 4.72. The number of fused-ring (bicyclic) bond motifs is 1. The van der Waals surface area contributed by atoms with Crippen molar-refractivity contribution >= 4 is 38.0 Å². The SMILES string of the molecule is Cc1ccc(C(=O)N2CCC(C(=O)O)=C(Br)c3ccccc32)cc1F. The van der Waals surface area contributed by atoms with Crippen LogP contribution in [0.1, 0.15) is 27.9 Å². The summed E-state index contributed by atoms with van der Waals surface area (Å²) in [7, 11) is 0. The Morgan fingerprint density at radius 3 is 2.60 bits per heavy atom. The van der Waals surface area contributed by atoms with Gasteiger partial charge in [0.05, 0.1) is 11.3 Å². The number of nitrogens with zero attached hydrogens (tertiary/aromatic N) is 1. The summed E-state index contributed by atoms with van der Waals surface area (Å²) >= 11 is 3.36. The molecule has 0 bridgehead atoms. The van der Waals surface area contributed by atoms with Gasteiger partial charge in [-0.25, -0.2) is 9.18 Å². The van der Waals surface area contributed by atoms with Gasteiger partial charge in [-0.05, 0) is 53.0 Å². The number of halogens is 2. The lowest BCUT2D eigenvalue weighted by Gasteiger charge is -2.23. The molecule has 1 heterocycles. The van der Waals surface area contributed by atoms with Crippen LogP contribution in [0, 0.1) is 12.7 Å². The smallest absolute Gasteiger partial charge is 0.332 e. The molecule has 128 valence electrons. The highest BCUT2D eigenvalue weighted by Crippen LogP contribution is 2.38. The van der Waals surface area contributed by atoms with E-state index in [4.69, 9.17) is 0 Å². The Morgan fingerprint density at radius 2 is 1.92 bits per heavy atom. The molecule has 1 amide bonds. The maximum atomic E-state index is 13.8. The molecule has 0 fully saturated rings. The Bertz CT molecular complexity index is 907. The summed E-state index contributed by atoms with van der Waals surface area (Å²) in [5.41, 5.74) is 2.12. The van der Waals surface area contributed by atoms with Crippen LogP contribution in [-0.4, -0.2) is 23.5 Å². The van der Waals surface area contributed by atoms with Gasteiger partial charge in [-0.3, -0.25) is 4.79 Å². The number of benzene rings is 2. The zero-order valence-electron chi connectivity index (χ0n) is 13.4. The van der Waals surface area contributed by atoms with Gasteiger partial charge in [-0.15, -0.1) is 0 Å². The summed E-state index contributed by atoms with van der Waals surface area (Å²) in [6, 6.07) is 11.4. The number of carboxylic acid groups (broad SMARTS) is 1. The van der Waals surface area contributed by atoms with Crippen LogP contribution in [0.2, 0.25) is 0 Å². The molecule has 0 unspecified atom stereocenters. The molecular weight excluding hydrogens is 389 g/mol. The minimum atomic E-state index is -1.03. The zero-order chi connectivity index (χ0) is 18.1. The molecule has 1 aliphatic heterocycles. The first-order valence-electron chi connectivity index (χ1n) is 7.69. The molecule has 1 aliphatic rings. The minimum Gasteiger partial charge on any atom is -0.478 e. The average molecular weight is 404 g/mol. The summed E-state index contributed by atoms with van der Waals surface area (Å²) < 4.78 is 14.3. The molecule has 25 heavy (non-hydrogen) atoms. The first-order chi connectivity index (χ1) is 11.9. The van der Waals surface area contributed by atoms with Gasteiger partial charge in [0.15, 0.2) is 0 Å². The van der Waals surface area contributed by atoms with Gasteiger partial charge in [-0.2, -0.15) is 0 Å². The van der Waals surface area contributed by atoms with E-state index in [1.165, 1.54) is 11.0 Å². The summed E-state index contributed by atoms with van der Waals surface area (Å²) in [5.74, 6) is -1.84. The molecule has 1 N–H and O–H groups in total. The Hall–Kier alpha value is -2.47. The lowest BCUT2D eigenvalue weighted by molar-refractivity contribution is -0.132. The van der Waals surface area contributed by atoms with Crippen molar-refractivity contribution in [3.05, 3.63) is 70.5 Å². The van der Waals surface area contributed by atoms with Crippen molar-refractivity contribution in [2.24, 2.45) is 0 Å². The number of hydrogen-bond donors (Lipinski definition) is 1. The fraction of sp³-hybridized carbons (Fsp3) is 0.158. The number of aliphatic carboxylic acids is 1. The lowest BCUT2D eigenvalue weighted by atomic mass is 10.1. The maximum absolute atomic E-state index is 13.8. The molecular formula is C19H15BrFNO3. The summed E-state index contributed by atoms with van der Waals surface area (Å²) in [6.45, 7) is 1.83. The van der Waals surface area contributed by atoms with E-state index in [2.05, 4.69) is 15.9 Å². The van der Waals surface area contributed by atoms with Gasteiger partial charge in [0, 0.05) is 22.2 Å². The molecule has 0 saturated carbocycles. The number of amides is 1. The third-order valence-electron chi connectivity index (χ3n) is 4.20. The monoisotopic (exact) mass is 403 g/mol. The molecule has 3 rings (SSSR count). The second-order valence-corrected chi connectivity index (χ2v) is 6.58. The van der Waals surface area contributed by atoms with E-state index in [-0.39, 0.29) is 30.0 Å². The Labute approximate surface area is 152 Å². The zero-order valence-corrected chi connectivity index (χ0v) is 15.0. The molecule has 0 radical (unpaired) electrons. The number of anilines is 1. The minimum absolute atomic E-state index is 0.185. The topological polar surface area (TPSA) is 57.6 Å². The van der Waals surface area contributed by atoms with E-state index in [1.54, 1.807) is 43.3 Å². The fourth-order valence-corrected chi connectivity index (χ4v) is 3.51. The third kappa shape index (κ3) is 3.22. The standard InChI is InChI=1S/C19H15BrFNO3/c1-11-6-7-12(10-15(11)21)18(23)22-9-8-14(19(24)25)17(20)13-4-2-3-5-16(13)22/h2-7,10H,8-9H2,1H3,(H,24,25). The largest absolute Gasteiger partial charge is 0.478 e. The van der Waals surface area contributed by atoms with Crippen molar-refractivity contribution in [3.8, 4) is 0 Å². The summed E-state index contributed by atoms with van der Waals surface area (Å²) in [4.78, 5) is 26.0. The Balaban J connectivity index is 2.07. The van der Waals surface area contributed by atoms with E-state index >= 15 is 0 Å². The summed E-state index contributed by atoms with van der Waals surface area (Å²) in [5, 5.41) is 9.43. The average Bonchev–Trinajstić information content (AvgIpc) is 2.74. The molecule has 0 saturated heterocycles. The van der Waals surface area contributed by atoms with Gasteiger partial charge in [-0.1, -0.05) is 24.3 Å². The highest BCUT2D eigenvalue weighted by Gasteiger charge is 2.28. The molecule has 0 atom stereocenters. The second-order valence-electron chi connectivity index (χ2n) is 5.79.